The number of halogens is 1. The molecule has 0 unspecified atom stereocenters. The van der Waals surface area contributed by atoms with Crippen molar-refractivity contribution < 1.29 is 29.0 Å². The van der Waals surface area contributed by atoms with Gasteiger partial charge < -0.3 is 20.3 Å². The van der Waals surface area contributed by atoms with E-state index < -0.39 is 29.8 Å². The minimum absolute atomic E-state index is 0.0347. The number of imide groups is 1. The first kappa shape index (κ1) is 23.7. The zero-order valence-corrected chi connectivity index (χ0v) is 17.1. The number of amides is 2. The van der Waals surface area contributed by atoms with Crippen molar-refractivity contribution in [3.05, 3.63) is 34.9 Å². The summed E-state index contributed by atoms with van der Waals surface area (Å²) < 4.78 is 10.4. The van der Waals surface area contributed by atoms with Crippen LogP contribution in [0, 0.1) is 0 Å². The number of unbranched alkanes of at least 4 members (excludes halogenated alkanes) is 1. The Morgan fingerprint density at radius 1 is 1.18 bits per heavy atom. The van der Waals surface area contributed by atoms with Crippen LogP contribution in [-0.2, 0) is 20.9 Å². The highest BCUT2D eigenvalue weighted by molar-refractivity contribution is 6.31. The molecule has 3 N–H and O–H groups in total. The van der Waals surface area contributed by atoms with Gasteiger partial charge in [0.15, 0.2) is 0 Å². The topological polar surface area (TPSA) is 119 Å². The van der Waals surface area contributed by atoms with Crippen molar-refractivity contribution in [2.75, 3.05) is 6.54 Å². The van der Waals surface area contributed by atoms with Crippen LogP contribution in [0.1, 0.15) is 45.6 Å². The van der Waals surface area contributed by atoms with Crippen LogP contribution in [0.3, 0.4) is 0 Å². The van der Waals surface area contributed by atoms with Crippen LogP contribution in [0.15, 0.2) is 24.3 Å². The normalized spacial score (nSPS) is 12.2. The van der Waals surface area contributed by atoms with E-state index in [4.69, 9.17) is 26.8 Å². The first-order valence-corrected chi connectivity index (χ1v) is 9.30. The first-order chi connectivity index (χ1) is 13.1. The summed E-state index contributed by atoms with van der Waals surface area (Å²) in [7, 11) is 0. The minimum atomic E-state index is -1.43. The van der Waals surface area contributed by atoms with Gasteiger partial charge in [0, 0.05) is 10.6 Å². The maximum atomic E-state index is 12.6. The molecule has 0 aliphatic rings. The smallest absolute Gasteiger partial charge is 0.420 e. The van der Waals surface area contributed by atoms with E-state index in [9.17, 15) is 19.5 Å². The number of carbonyl (C=O) groups is 3. The molecule has 0 fully saturated rings. The van der Waals surface area contributed by atoms with Gasteiger partial charge in [0.05, 0.1) is 0 Å². The van der Waals surface area contributed by atoms with E-state index in [0.717, 1.165) is 0 Å². The molecule has 0 radical (unpaired) electrons. The van der Waals surface area contributed by atoms with Gasteiger partial charge in [-0.05, 0) is 52.6 Å². The SMILES string of the molecule is CC(C)(C)OC(=O)N(C(=O)OCc1ccccc1Cl)[C@H](CCCCN)C(=O)O. The van der Waals surface area contributed by atoms with Gasteiger partial charge in [-0.2, -0.15) is 4.90 Å². The highest BCUT2D eigenvalue weighted by Crippen LogP contribution is 2.20. The Morgan fingerprint density at radius 2 is 1.82 bits per heavy atom. The van der Waals surface area contributed by atoms with Crippen molar-refractivity contribution in [3.63, 3.8) is 0 Å². The van der Waals surface area contributed by atoms with Crippen LogP contribution in [0.5, 0.6) is 0 Å². The lowest BCUT2D eigenvalue weighted by Crippen LogP contribution is -2.50. The van der Waals surface area contributed by atoms with Crippen LogP contribution in [0.2, 0.25) is 5.02 Å². The molecule has 1 rings (SSSR count). The van der Waals surface area contributed by atoms with Crippen molar-refractivity contribution in [2.24, 2.45) is 5.73 Å². The molecule has 9 heteroatoms. The monoisotopic (exact) mass is 414 g/mol. The highest BCUT2D eigenvalue weighted by Gasteiger charge is 2.38. The van der Waals surface area contributed by atoms with Gasteiger partial charge in [-0.25, -0.2) is 14.4 Å². The first-order valence-electron chi connectivity index (χ1n) is 8.92. The van der Waals surface area contributed by atoms with Crippen molar-refractivity contribution in [1.29, 1.82) is 0 Å². The number of nitrogens with two attached hydrogens (primary N) is 1. The number of rotatable bonds is 8. The Bertz CT molecular complexity index is 689. The van der Waals surface area contributed by atoms with E-state index in [2.05, 4.69) is 0 Å². The average Bonchev–Trinajstić information content (AvgIpc) is 2.58. The third-order valence-corrected chi connectivity index (χ3v) is 3.99. The summed E-state index contributed by atoms with van der Waals surface area (Å²) in [5.74, 6) is -1.34. The number of benzene rings is 1. The standard InChI is InChI=1S/C19H27ClN2O6/c1-19(2,3)28-18(26)22(15(16(23)24)10-6-7-11-21)17(25)27-12-13-8-4-5-9-14(13)20/h4-5,8-9,15H,6-7,10-12,21H2,1-3H3,(H,23,24)/t15-/m1/s1. The molecule has 1 aromatic rings. The van der Waals surface area contributed by atoms with Gasteiger partial charge >= 0.3 is 18.2 Å². The second-order valence-electron chi connectivity index (χ2n) is 7.13. The number of ether oxygens (including phenoxy) is 2. The molecule has 0 heterocycles. The molecule has 0 aliphatic heterocycles. The van der Waals surface area contributed by atoms with E-state index in [1.165, 1.54) is 0 Å². The van der Waals surface area contributed by atoms with E-state index in [0.29, 0.717) is 34.9 Å². The predicted molar refractivity (Wildman–Crippen MR) is 104 cm³/mol. The molecule has 1 atom stereocenters. The van der Waals surface area contributed by atoms with E-state index in [-0.39, 0.29) is 13.0 Å². The van der Waals surface area contributed by atoms with Crippen LogP contribution in [0.25, 0.3) is 0 Å². The van der Waals surface area contributed by atoms with Crippen molar-refractivity contribution >= 4 is 29.8 Å². The molecule has 1 aromatic carbocycles. The van der Waals surface area contributed by atoms with E-state index in [1.54, 1.807) is 45.0 Å². The summed E-state index contributed by atoms with van der Waals surface area (Å²) in [5.41, 5.74) is 5.05. The maximum Gasteiger partial charge on any atom is 0.420 e. The molecule has 156 valence electrons. The molecule has 8 nitrogen and oxygen atoms in total. The lowest BCUT2D eigenvalue weighted by Gasteiger charge is -2.29. The average molecular weight is 415 g/mol. The molecule has 0 saturated carbocycles. The number of carbonyl (C=O) groups excluding carboxylic acids is 2. The van der Waals surface area contributed by atoms with Crippen molar-refractivity contribution in [1.82, 2.24) is 4.90 Å². The van der Waals surface area contributed by atoms with Crippen molar-refractivity contribution in [2.45, 2.75) is 58.3 Å². The Balaban J connectivity index is 3.02. The number of nitrogens with zero attached hydrogens (tertiary/aromatic N) is 1. The van der Waals surface area contributed by atoms with Crippen LogP contribution >= 0.6 is 11.6 Å². The number of hydrogen-bond acceptors (Lipinski definition) is 6. The number of hydrogen-bond donors (Lipinski definition) is 2. The number of carboxylic acids is 1. The van der Waals surface area contributed by atoms with Gasteiger partial charge in [-0.3, -0.25) is 0 Å². The fourth-order valence-electron chi connectivity index (χ4n) is 2.31. The molecular formula is C19H27ClN2O6. The Morgan fingerprint density at radius 3 is 2.36 bits per heavy atom. The van der Waals surface area contributed by atoms with E-state index >= 15 is 0 Å². The number of aliphatic carboxylic acids is 1. The Labute approximate surface area is 169 Å². The minimum Gasteiger partial charge on any atom is -0.480 e. The molecule has 0 aromatic heterocycles. The zero-order valence-electron chi connectivity index (χ0n) is 16.3. The summed E-state index contributed by atoms with van der Waals surface area (Å²) in [6.45, 7) is 5.00. The molecular weight excluding hydrogens is 388 g/mol. The second kappa shape index (κ2) is 10.9. The summed E-state index contributed by atoms with van der Waals surface area (Å²) in [4.78, 5) is 37.4. The van der Waals surface area contributed by atoms with Crippen molar-refractivity contribution in [3.8, 4) is 0 Å². The molecule has 0 bridgehead atoms. The molecule has 0 saturated heterocycles. The van der Waals surface area contributed by atoms with Gasteiger partial charge in [0.25, 0.3) is 0 Å². The second-order valence-corrected chi connectivity index (χ2v) is 7.54. The van der Waals surface area contributed by atoms with Gasteiger partial charge in [0.1, 0.15) is 18.2 Å². The Kier molecular flexibility index (Phi) is 9.21. The third-order valence-electron chi connectivity index (χ3n) is 3.62. The maximum absolute atomic E-state index is 12.6. The summed E-state index contributed by atoms with van der Waals surface area (Å²) in [5, 5.41) is 9.94. The fourth-order valence-corrected chi connectivity index (χ4v) is 2.50. The quantitative estimate of drug-likeness (QED) is 0.621. The van der Waals surface area contributed by atoms with Crippen LogP contribution in [0.4, 0.5) is 9.59 Å². The highest BCUT2D eigenvalue weighted by atomic mass is 35.5. The van der Waals surface area contributed by atoms with Gasteiger partial charge in [-0.15, -0.1) is 0 Å². The summed E-state index contributed by atoms with van der Waals surface area (Å²) >= 11 is 6.03. The van der Waals surface area contributed by atoms with Gasteiger partial charge in [0.2, 0.25) is 0 Å². The fraction of sp³-hybridized carbons (Fsp3) is 0.526. The lowest BCUT2D eigenvalue weighted by molar-refractivity contribution is -0.143. The molecule has 0 aliphatic carbocycles. The van der Waals surface area contributed by atoms with Crippen LogP contribution < -0.4 is 5.73 Å². The summed E-state index contributed by atoms with van der Waals surface area (Å²) in [6, 6.07) is 5.29. The number of carboxylic acid groups (broad SMARTS) is 1. The van der Waals surface area contributed by atoms with Gasteiger partial charge in [-0.1, -0.05) is 29.8 Å². The molecule has 2 amide bonds. The largest absolute Gasteiger partial charge is 0.480 e. The zero-order chi connectivity index (χ0) is 21.3. The molecule has 28 heavy (non-hydrogen) atoms. The predicted octanol–water partition coefficient (Wildman–Crippen LogP) is 3.80. The lowest BCUT2D eigenvalue weighted by atomic mass is 10.1. The Hall–Kier alpha value is -2.32. The summed E-state index contributed by atoms with van der Waals surface area (Å²) in [6.07, 6.45) is -1.19. The van der Waals surface area contributed by atoms with E-state index in [1.807, 2.05) is 0 Å². The van der Waals surface area contributed by atoms with Crippen LogP contribution in [-0.4, -0.2) is 46.3 Å². The molecule has 0 spiro atoms. The third kappa shape index (κ3) is 7.74.